The molecule has 0 atom stereocenters. The van der Waals surface area contributed by atoms with E-state index >= 15 is 0 Å². The summed E-state index contributed by atoms with van der Waals surface area (Å²) in [6.07, 6.45) is 0. The summed E-state index contributed by atoms with van der Waals surface area (Å²) in [5, 5.41) is 1.98. The Kier molecular flexibility index (Phi) is 4.47. The molecule has 0 saturated carbocycles. The van der Waals surface area contributed by atoms with Crippen LogP contribution in [0.5, 0.6) is 0 Å². The maximum Gasteiger partial charge on any atom is 0.248 e. The third-order valence-corrected chi connectivity index (χ3v) is 6.06. The van der Waals surface area contributed by atoms with E-state index in [0.717, 1.165) is 42.7 Å². The summed E-state index contributed by atoms with van der Waals surface area (Å²) in [7, 11) is 0. The maximum atomic E-state index is 11.2. The number of nitrogen functional groups attached to an aromatic ring is 1. The van der Waals surface area contributed by atoms with Crippen LogP contribution < -0.4 is 21.3 Å². The summed E-state index contributed by atoms with van der Waals surface area (Å²) in [6.45, 7) is 3.24. The molecule has 0 bridgehead atoms. The van der Waals surface area contributed by atoms with Crippen molar-refractivity contribution >= 4 is 45.9 Å². The molecule has 0 aliphatic carbocycles. The first-order valence-corrected chi connectivity index (χ1v) is 10.4. The highest BCUT2D eigenvalue weighted by atomic mass is 32.1. The number of carbonyl (C=O) groups is 1. The Hall–Kier alpha value is -3.66. The number of primary amides is 1. The molecular weight excluding hydrogens is 400 g/mol. The zero-order valence-corrected chi connectivity index (χ0v) is 16.9. The van der Waals surface area contributed by atoms with Crippen LogP contribution in [0.25, 0.3) is 21.9 Å². The molecule has 5 N–H and O–H groups in total. The van der Waals surface area contributed by atoms with Gasteiger partial charge in [0.2, 0.25) is 11.9 Å². The van der Waals surface area contributed by atoms with Gasteiger partial charge in [-0.3, -0.25) is 4.79 Å². The third-order valence-electron chi connectivity index (χ3n) is 5.20. The third kappa shape index (κ3) is 3.30. The summed E-state index contributed by atoms with van der Waals surface area (Å²) >= 11 is 1.57. The minimum Gasteiger partial charge on any atom is -0.382 e. The van der Waals surface area contributed by atoms with Crippen LogP contribution in [0, 0.1) is 0 Å². The van der Waals surface area contributed by atoms with Gasteiger partial charge in [-0.1, -0.05) is 6.07 Å². The molecule has 10 heteroatoms. The van der Waals surface area contributed by atoms with E-state index in [1.807, 2.05) is 29.6 Å². The normalized spacial score (nSPS) is 14.4. The molecule has 0 spiro atoms. The number of rotatable bonds is 4. The van der Waals surface area contributed by atoms with E-state index in [0.29, 0.717) is 28.4 Å². The molecule has 5 rings (SSSR count). The van der Waals surface area contributed by atoms with Gasteiger partial charge in [-0.2, -0.15) is 0 Å². The standard InChI is InChI=1S/C20H20N8OS/c21-16-15-19(25-18(24-16)14-2-1-11-30-14)26-20(23-15)28-9-7-27(8-10-28)13-5-3-12(4-6-13)17(22)29/h1-6,11H,7-10H2,(H2,22,29)(H3,21,23,24,25,26). The smallest absolute Gasteiger partial charge is 0.248 e. The van der Waals surface area contributed by atoms with Crippen molar-refractivity contribution in [3.63, 3.8) is 0 Å². The van der Waals surface area contributed by atoms with Crippen molar-refractivity contribution in [3.8, 4) is 10.7 Å². The molecule has 152 valence electrons. The lowest BCUT2D eigenvalue weighted by atomic mass is 10.1. The minimum absolute atomic E-state index is 0.374. The van der Waals surface area contributed by atoms with Crippen molar-refractivity contribution in [2.75, 3.05) is 41.7 Å². The van der Waals surface area contributed by atoms with E-state index in [1.54, 1.807) is 23.5 Å². The number of nitrogens with two attached hydrogens (primary N) is 2. The molecule has 4 aromatic rings. The fourth-order valence-electron chi connectivity index (χ4n) is 3.59. The maximum absolute atomic E-state index is 11.2. The number of aromatic amines is 1. The number of thiophene rings is 1. The quantitative estimate of drug-likeness (QED) is 0.461. The number of hydrogen-bond acceptors (Lipinski definition) is 8. The van der Waals surface area contributed by atoms with Gasteiger partial charge in [0.15, 0.2) is 22.8 Å². The molecule has 4 heterocycles. The van der Waals surface area contributed by atoms with Crippen molar-refractivity contribution in [2.45, 2.75) is 0 Å². The first kappa shape index (κ1) is 18.4. The fourth-order valence-corrected chi connectivity index (χ4v) is 4.25. The lowest BCUT2D eigenvalue weighted by Crippen LogP contribution is -2.47. The number of anilines is 3. The van der Waals surface area contributed by atoms with Crippen molar-refractivity contribution in [1.29, 1.82) is 0 Å². The van der Waals surface area contributed by atoms with Crippen LogP contribution in [0.1, 0.15) is 10.4 Å². The zero-order chi connectivity index (χ0) is 20.7. The van der Waals surface area contributed by atoms with Crippen molar-refractivity contribution in [2.24, 2.45) is 5.73 Å². The molecule has 3 aromatic heterocycles. The first-order valence-electron chi connectivity index (χ1n) is 9.55. The van der Waals surface area contributed by atoms with E-state index in [1.165, 1.54) is 0 Å². The number of nitrogens with zero attached hydrogens (tertiary/aromatic N) is 5. The SMILES string of the molecule is NC(=O)c1ccc(N2CCN(c3nc4c(N)nc(-c5cccs5)nc4[nH]3)CC2)cc1. The lowest BCUT2D eigenvalue weighted by Gasteiger charge is -2.36. The predicted molar refractivity (Wildman–Crippen MR) is 119 cm³/mol. The highest BCUT2D eigenvalue weighted by Gasteiger charge is 2.21. The van der Waals surface area contributed by atoms with Gasteiger partial charge in [0.25, 0.3) is 0 Å². The molecule has 1 aromatic carbocycles. The van der Waals surface area contributed by atoms with E-state index in [-0.39, 0.29) is 0 Å². The largest absolute Gasteiger partial charge is 0.382 e. The Bertz CT molecular complexity index is 1190. The van der Waals surface area contributed by atoms with Gasteiger partial charge < -0.3 is 26.3 Å². The Morgan fingerprint density at radius 2 is 1.73 bits per heavy atom. The summed E-state index contributed by atoms with van der Waals surface area (Å²) in [5.41, 5.74) is 14.3. The molecule has 1 saturated heterocycles. The number of imidazole rings is 1. The molecule has 9 nitrogen and oxygen atoms in total. The second-order valence-electron chi connectivity index (χ2n) is 7.05. The van der Waals surface area contributed by atoms with Crippen LogP contribution in [0.4, 0.5) is 17.5 Å². The van der Waals surface area contributed by atoms with Crippen LogP contribution in [0.3, 0.4) is 0 Å². The number of benzene rings is 1. The van der Waals surface area contributed by atoms with Crippen LogP contribution >= 0.6 is 11.3 Å². The van der Waals surface area contributed by atoms with Crippen molar-refractivity contribution < 1.29 is 4.79 Å². The number of fused-ring (bicyclic) bond motifs is 1. The van der Waals surface area contributed by atoms with Gasteiger partial charge in [-0.05, 0) is 35.7 Å². The first-order chi connectivity index (χ1) is 14.6. The molecule has 1 amide bonds. The van der Waals surface area contributed by atoms with Gasteiger partial charge >= 0.3 is 0 Å². The average molecular weight is 421 g/mol. The minimum atomic E-state index is -0.416. The predicted octanol–water partition coefficient (Wildman–Crippen LogP) is 2.09. The Morgan fingerprint density at radius 3 is 2.40 bits per heavy atom. The van der Waals surface area contributed by atoms with E-state index < -0.39 is 5.91 Å². The summed E-state index contributed by atoms with van der Waals surface area (Å²) in [5.74, 6) is 1.31. The van der Waals surface area contributed by atoms with Gasteiger partial charge in [0.1, 0.15) is 0 Å². The molecular formula is C20H20N8OS. The topological polar surface area (TPSA) is 130 Å². The molecule has 1 fully saturated rings. The number of H-pyrrole nitrogens is 1. The summed E-state index contributed by atoms with van der Waals surface area (Å²) in [6, 6.07) is 11.3. The van der Waals surface area contributed by atoms with Gasteiger partial charge in [0.05, 0.1) is 4.88 Å². The number of amides is 1. The highest BCUT2D eigenvalue weighted by molar-refractivity contribution is 7.13. The monoisotopic (exact) mass is 420 g/mol. The Labute approximate surface area is 176 Å². The van der Waals surface area contributed by atoms with Crippen LogP contribution in [0.2, 0.25) is 0 Å². The molecule has 0 unspecified atom stereocenters. The van der Waals surface area contributed by atoms with Gasteiger partial charge in [-0.25, -0.2) is 15.0 Å². The summed E-state index contributed by atoms with van der Waals surface area (Å²) in [4.78, 5) is 33.6. The number of carbonyl (C=O) groups excluding carboxylic acids is 1. The molecule has 0 radical (unpaired) electrons. The van der Waals surface area contributed by atoms with E-state index in [4.69, 9.17) is 11.5 Å². The van der Waals surface area contributed by atoms with Crippen molar-refractivity contribution in [3.05, 3.63) is 47.3 Å². The van der Waals surface area contributed by atoms with Crippen LogP contribution in [-0.4, -0.2) is 52.0 Å². The summed E-state index contributed by atoms with van der Waals surface area (Å²) < 4.78 is 0. The second-order valence-corrected chi connectivity index (χ2v) is 8.00. The lowest BCUT2D eigenvalue weighted by molar-refractivity contribution is 0.100. The van der Waals surface area contributed by atoms with Crippen LogP contribution in [0.15, 0.2) is 41.8 Å². The van der Waals surface area contributed by atoms with E-state index in [2.05, 4.69) is 29.7 Å². The number of aromatic nitrogens is 4. The Morgan fingerprint density at radius 1 is 1.00 bits per heavy atom. The highest BCUT2D eigenvalue weighted by Crippen LogP contribution is 2.27. The number of piperazine rings is 1. The average Bonchev–Trinajstić information content (AvgIpc) is 3.44. The fraction of sp³-hybridized carbons (Fsp3) is 0.200. The zero-order valence-electron chi connectivity index (χ0n) is 16.1. The van der Waals surface area contributed by atoms with Crippen molar-refractivity contribution in [1.82, 2.24) is 19.9 Å². The second kappa shape index (κ2) is 7.30. The van der Waals surface area contributed by atoms with E-state index in [9.17, 15) is 4.79 Å². The molecule has 1 aliphatic rings. The van der Waals surface area contributed by atoms with Gasteiger partial charge in [0, 0.05) is 37.4 Å². The van der Waals surface area contributed by atoms with Crippen LogP contribution in [-0.2, 0) is 0 Å². The number of hydrogen-bond donors (Lipinski definition) is 3. The van der Waals surface area contributed by atoms with Gasteiger partial charge in [-0.15, -0.1) is 11.3 Å². The molecule has 1 aliphatic heterocycles. The number of nitrogens with one attached hydrogen (secondary N) is 1. The molecule has 30 heavy (non-hydrogen) atoms. The Balaban J connectivity index is 1.33.